The van der Waals surface area contributed by atoms with Crippen molar-refractivity contribution in [2.45, 2.75) is 30.7 Å². The normalized spacial score (nSPS) is 20.9. The smallest absolute Gasteiger partial charge is 0.338 e. The number of hydrogen-bond donors (Lipinski definition) is 0. The molecule has 4 rings (SSSR count). The minimum absolute atomic E-state index is 0.180. The molecule has 1 aliphatic rings. The Labute approximate surface area is 213 Å². The van der Waals surface area contributed by atoms with Gasteiger partial charge in [0.1, 0.15) is 18.1 Å². The number of ether oxygens (including phenoxy) is 4. The van der Waals surface area contributed by atoms with Crippen LogP contribution in [0.15, 0.2) is 91.0 Å². The number of carbonyl (C=O) groups excluding carboxylic acids is 3. The van der Waals surface area contributed by atoms with Crippen molar-refractivity contribution in [3.8, 4) is 0 Å². The third-order valence-electron chi connectivity index (χ3n) is 5.49. The quantitative estimate of drug-likeness (QED) is 0.303. The Hall–Kier alpha value is -3.62. The van der Waals surface area contributed by atoms with E-state index in [4.69, 9.17) is 18.9 Å². The fraction of sp³-hybridized carbons (Fsp3) is 0.250. The van der Waals surface area contributed by atoms with E-state index >= 15 is 0 Å². The van der Waals surface area contributed by atoms with E-state index in [0.29, 0.717) is 22.4 Å². The average molecular weight is 507 g/mol. The van der Waals surface area contributed by atoms with Crippen LogP contribution in [-0.2, 0) is 18.9 Å². The number of rotatable bonds is 9. The summed E-state index contributed by atoms with van der Waals surface area (Å²) in [4.78, 5) is 38.4. The van der Waals surface area contributed by atoms with Crippen LogP contribution in [0, 0.1) is 0 Å². The number of hydrogen-bond acceptors (Lipinski definition) is 8. The first-order valence-corrected chi connectivity index (χ1v) is 12.6. The fourth-order valence-electron chi connectivity index (χ4n) is 3.74. The summed E-state index contributed by atoms with van der Waals surface area (Å²) in [6.45, 7) is 1.76. The molecule has 1 heterocycles. The van der Waals surface area contributed by atoms with Crippen molar-refractivity contribution in [3.05, 3.63) is 108 Å². The number of esters is 3. The molecule has 1 saturated heterocycles. The Bertz CT molecular complexity index is 1150. The largest absolute Gasteiger partial charge is 0.459 e. The van der Waals surface area contributed by atoms with Gasteiger partial charge in [0.15, 0.2) is 12.2 Å². The topological polar surface area (TPSA) is 88.1 Å². The van der Waals surface area contributed by atoms with Crippen molar-refractivity contribution in [1.29, 1.82) is 0 Å². The molecule has 3 aromatic carbocycles. The molecule has 0 aromatic heterocycles. The molecule has 0 aliphatic carbocycles. The number of carbonyl (C=O) groups is 3. The van der Waals surface area contributed by atoms with E-state index in [0.717, 1.165) is 0 Å². The van der Waals surface area contributed by atoms with Crippen LogP contribution in [0.2, 0.25) is 0 Å². The summed E-state index contributed by atoms with van der Waals surface area (Å²) in [7, 11) is 0. The lowest BCUT2D eigenvalue weighted by Crippen LogP contribution is -2.41. The Kier molecular flexibility index (Phi) is 8.76. The zero-order valence-electron chi connectivity index (χ0n) is 19.6. The molecule has 0 spiro atoms. The molecule has 1 fully saturated rings. The molecule has 4 atom stereocenters. The first-order chi connectivity index (χ1) is 17.6. The lowest BCUT2D eigenvalue weighted by molar-refractivity contribution is -0.0435. The summed E-state index contributed by atoms with van der Waals surface area (Å²) in [6.07, 6.45) is -2.73. The summed E-state index contributed by atoms with van der Waals surface area (Å²) < 4.78 is 23.3. The van der Waals surface area contributed by atoms with Gasteiger partial charge in [0.25, 0.3) is 0 Å². The molecule has 0 amide bonds. The summed E-state index contributed by atoms with van der Waals surface area (Å²) in [5.74, 6) is -1.02. The van der Waals surface area contributed by atoms with Crippen molar-refractivity contribution < 1.29 is 33.3 Å². The van der Waals surface area contributed by atoms with Crippen LogP contribution in [0.1, 0.15) is 38.0 Å². The lowest BCUT2D eigenvalue weighted by atomic mass is 10.1. The minimum atomic E-state index is -0.988. The second-order valence-corrected chi connectivity index (χ2v) is 9.31. The van der Waals surface area contributed by atoms with Gasteiger partial charge in [0.05, 0.1) is 16.7 Å². The average Bonchev–Trinajstić information content (AvgIpc) is 3.24. The molecule has 7 nitrogen and oxygen atoms in total. The van der Waals surface area contributed by atoms with Crippen LogP contribution in [0.4, 0.5) is 0 Å². The zero-order valence-corrected chi connectivity index (χ0v) is 20.5. The summed E-state index contributed by atoms with van der Waals surface area (Å²) in [6, 6.07) is 25.6. The molecule has 4 unspecified atom stereocenters. The Morgan fingerprint density at radius 1 is 0.694 bits per heavy atom. The van der Waals surface area contributed by atoms with Gasteiger partial charge >= 0.3 is 17.9 Å². The van der Waals surface area contributed by atoms with Gasteiger partial charge in [0.2, 0.25) is 0 Å². The maximum absolute atomic E-state index is 12.9. The van der Waals surface area contributed by atoms with Crippen molar-refractivity contribution in [1.82, 2.24) is 0 Å². The maximum Gasteiger partial charge on any atom is 0.338 e. The van der Waals surface area contributed by atoms with Crippen LogP contribution >= 0.6 is 11.8 Å². The van der Waals surface area contributed by atoms with Gasteiger partial charge < -0.3 is 18.9 Å². The van der Waals surface area contributed by atoms with Crippen LogP contribution in [0.25, 0.3) is 0 Å². The monoisotopic (exact) mass is 506 g/mol. The second kappa shape index (κ2) is 12.4. The highest BCUT2D eigenvalue weighted by atomic mass is 32.2. The van der Waals surface area contributed by atoms with E-state index in [1.54, 1.807) is 91.0 Å². The molecular formula is C28H26O7S. The van der Waals surface area contributed by atoms with E-state index in [2.05, 4.69) is 0 Å². The van der Waals surface area contributed by atoms with E-state index in [-0.39, 0.29) is 6.61 Å². The predicted molar refractivity (Wildman–Crippen MR) is 135 cm³/mol. The van der Waals surface area contributed by atoms with E-state index in [1.165, 1.54) is 11.8 Å². The van der Waals surface area contributed by atoms with Crippen LogP contribution in [0.5, 0.6) is 0 Å². The van der Waals surface area contributed by atoms with E-state index < -0.39 is 41.7 Å². The molecule has 186 valence electrons. The molecule has 0 N–H and O–H groups in total. The van der Waals surface area contributed by atoms with Crippen molar-refractivity contribution >= 4 is 29.7 Å². The number of benzene rings is 3. The van der Waals surface area contributed by atoms with Crippen molar-refractivity contribution in [3.63, 3.8) is 0 Å². The molecule has 8 heteroatoms. The molecule has 3 aromatic rings. The van der Waals surface area contributed by atoms with Crippen LogP contribution < -0.4 is 0 Å². The predicted octanol–water partition coefficient (Wildman–Crippen LogP) is 4.77. The Morgan fingerprint density at radius 3 is 1.61 bits per heavy atom. The molecule has 0 saturated carbocycles. The fourth-order valence-corrected chi connectivity index (χ4v) is 4.69. The molecule has 36 heavy (non-hydrogen) atoms. The molecule has 1 aliphatic heterocycles. The lowest BCUT2D eigenvalue weighted by Gasteiger charge is -2.24. The molecule has 0 bridgehead atoms. The van der Waals surface area contributed by atoms with Gasteiger partial charge in [-0.2, -0.15) is 0 Å². The Balaban J connectivity index is 1.56. The SMILES string of the molecule is CCSC1OC(COC(=O)c2ccccc2)C(OC(=O)c2ccccc2)C1OC(=O)c1ccccc1. The summed E-state index contributed by atoms with van der Waals surface area (Å²) in [5.41, 5.74) is 0.485. The van der Waals surface area contributed by atoms with Gasteiger partial charge in [-0.05, 0) is 42.2 Å². The summed E-state index contributed by atoms with van der Waals surface area (Å²) >= 11 is 1.41. The zero-order chi connectivity index (χ0) is 25.3. The highest BCUT2D eigenvalue weighted by molar-refractivity contribution is 7.99. The molecular weight excluding hydrogens is 480 g/mol. The highest BCUT2D eigenvalue weighted by Gasteiger charge is 2.50. The van der Waals surface area contributed by atoms with Gasteiger partial charge in [-0.15, -0.1) is 11.8 Å². The third kappa shape index (κ3) is 6.33. The summed E-state index contributed by atoms with van der Waals surface area (Å²) in [5, 5.41) is 0. The van der Waals surface area contributed by atoms with E-state index in [9.17, 15) is 14.4 Å². The first-order valence-electron chi connectivity index (χ1n) is 11.6. The minimum Gasteiger partial charge on any atom is -0.459 e. The second-order valence-electron chi connectivity index (χ2n) is 7.93. The van der Waals surface area contributed by atoms with Crippen molar-refractivity contribution in [2.24, 2.45) is 0 Å². The standard InChI is InChI=1S/C28H26O7S/c1-2-36-28-24(35-27(31)21-16-10-5-11-17-21)23(34-26(30)20-14-8-4-9-15-20)22(33-28)18-32-25(29)19-12-6-3-7-13-19/h3-17,22-24,28H,2,18H2,1H3. The third-order valence-corrected chi connectivity index (χ3v) is 6.53. The number of thioether (sulfide) groups is 1. The van der Waals surface area contributed by atoms with Crippen LogP contribution in [-0.4, -0.2) is 54.0 Å². The maximum atomic E-state index is 12.9. The van der Waals surface area contributed by atoms with E-state index in [1.807, 2.05) is 6.92 Å². The van der Waals surface area contributed by atoms with Gasteiger partial charge in [-0.3, -0.25) is 0 Å². The molecule has 0 radical (unpaired) electrons. The van der Waals surface area contributed by atoms with Gasteiger partial charge in [-0.1, -0.05) is 61.5 Å². The Morgan fingerprint density at radius 2 is 1.14 bits per heavy atom. The van der Waals surface area contributed by atoms with Gasteiger partial charge in [0, 0.05) is 0 Å². The van der Waals surface area contributed by atoms with Gasteiger partial charge in [-0.25, -0.2) is 14.4 Å². The van der Waals surface area contributed by atoms with Crippen molar-refractivity contribution in [2.75, 3.05) is 12.4 Å². The first kappa shape index (κ1) is 25.5. The van der Waals surface area contributed by atoms with Crippen LogP contribution in [0.3, 0.4) is 0 Å². The highest BCUT2D eigenvalue weighted by Crippen LogP contribution is 2.34.